The van der Waals surface area contributed by atoms with Crippen LogP contribution in [0.25, 0.3) is 0 Å². The molecule has 0 saturated heterocycles. The number of alkyl halides is 2. The van der Waals surface area contributed by atoms with Crippen LogP contribution >= 0.6 is 11.6 Å². The molecule has 1 aromatic heterocycles. The maximum atomic E-state index is 12.3. The highest BCUT2D eigenvalue weighted by Gasteiger charge is 2.21. The second-order valence-electron chi connectivity index (χ2n) is 4.96. The zero-order valence-electron chi connectivity index (χ0n) is 13.4. The predicted molar refractivity (Wildman–Crippen MR) is 86.7 cm³/mol. The van der Waals surface area contributed by atoms with E-state index in [0.717, 1.165) is 0 Å². The van der Waals surface area contributed by atoms with Gasteiger partial charge in [-0.15, -0.1) is 0 Å². The average Bonchev–Trinajstić information content (AvgIpc) is 2.88. The van der Waals surface area contributed by atoms with E-state index in [2.05, 4.69) is 14.4 Å². The van der Waals surface area contributed by atoms with Crippen molar-refractivity contribution in [3.05, 3.63) is 35.2 Å². The third kappa shape index (κ3) is 4.80. The average molecular weight is 396 g/mol. The summed E-state index contributed by atoms with van der Waals surface area (Å²) in [6.07, 6.45) is 1.60. The van der Waals surface area contributed by atoms with Gasteiger partial charge in [0.1, 0.15) is 5.15 Å². The van der Waals surface area contributed by atoms with Crippen LogP contribution in [0.1, 0.15) is 5.56 Å². The summed E-state index contributed by atoms with van der Waals surface area (Å²) in [5.41, 5.74) is 0.674. The van der Waals surface area contributed by atoms with Crippen molar-refractivity contribution in [3.8, 4) is 11.5 Å². The molecule has 1 N–H and O–H groups in total. The Balaban J connectivity index is 2.03. The fourth-order valence-electron chi connectivity index (χ4n) is 2.03. The summed E-state index contributed by atoms with van der Waals surface area (Å²) in [7, 11) is -0.953. The minimum Gasteiger partial charge on any atom is -0.493 e. The van der Waals surface area contributed by atoms with E-state index in [-0.39, 0.29) is 28.2 Å². The van der Waals surface area contributed by atoms with Gasteiger partial charge in [0.15, 0.2) is 11.5 Å². The molecule has 25 heavy (non-hydrogen) atoms. The number of methoxy groups -OCH3 is 1. The molecule has 0 radical (unpaired) electrons. The summed E-state index contributed by atoms with van der Waals surface area (Å²) >= 11 is 5.88. The SMILES string of the molecule is COc1cc(CCNS(=O)(=O)c2ncn(C)c2Cl)ccc1OC(F)F. The van der Waals surface area contributed by atoms with Crippen LogP contribution in [0.5, 0.6) is 11.5 Å². The van der Waals surface area contributed by atoms with Crippen molar-refractivity contribution < 1.29 is 26.7 Å². The molecule has 0 fully saturated rings. The molecule has 0 saturated carbocycles. The van der Waals surface area contributed by atoms with Gasteiger partial charge in [-0.25, -0.2) is 18.1 Å². The topological polar surface area (TPSA) is 82.5 Å². The quantitative estimate of drug-likeness (QED) is 0.741. The molecule has 138 valence electrons. The van der Waals surface area contributed by atoms with Crippen molar-refractivity contribution in [1.82, 2.24) is 14.3 Å². The zero-order valence-corrected chi connectivity index (χ0v) is 14.9. The van der Waals surface area contributed by atoms with Crippen LogP contribution in [0.4, 0.5) is 8.78 Å². The highest BCUT2D eigenvalue weighted by atomic mass is 35.5. The Hall–Kier alpha value is -1.91. The number of hydrogen-bond donors (Lipinski definition) is 1. The number of halogens is 3. The maximum Gasteiger partial charge on any atom is 0.387 e. The number of imidazole rings is 1. The number of benzene rings is 1. The Labute approximate surface area is 148 Å². The predicted octanol–water partition coefficient (Wildman–Crippen LogP) is 2.20. The molecule has 11 heteroatoms. The molecule has 1 aromatic carbocycles. The third-order valence-corrected chi connectivity index (χ3v) is 5.19. The lowest BCUT2D eigenvalue weighted by Crippen LogP contribution is -2.26. The molecule has 7 nitrogen and oxygen atoms in total. The normalized spacial score (nSPS) is 11.8. The maximum absolute atomic E-state index is 12.3. The molecular weight excluding hydrogens is 380 g/mol. The van der Waals surface area contributed by atoms with Crippen LogP contribution < -0.4 is 14.2 Å². The van der Waals surface area contributed by atoms with Crippen LogP contribution in [0.3, 0.4) is 0 Å². The van der Waals surface area contributed by atoms with E-state index >= 15 is 0 Å². The Morgan fingerprint density at radius 3 is 2.64 bits per heavy atom. The van der Waals surface area contributed by atoms with Gasteiger partial charge in [-0.05, 0) is 24.1 Å². The van der Waals surface area contributed by atoms with Crippen molar-refractivity contribution in [2.75, 3.05) is 13.7 Å². The lowest BCUT2D eigenvalue weighted by molar-refractivity contribution is -0.0512. The molecule has 0 atom stereocenters. The van der Waals surface area contributed by atoms with Gasteiger partial charge < -0.3 is 14.0 Å². The highest BCUT2D eigenvalue weighted by molar-refractivity contribution is 7.89. The lowest BCUT2D eigenvalue weighted by Gasteiger charge is -2.11. The van der Waals surface area contributed by atoms with E-state index in [0.29, 0.717) is 12.0 Å². The highest BCUT2D eigenvalue weighted by Crippen LogP contribution is 2.29. The first-order chi connectivity index (χ1) is 11.7. The summed E-state index contributed by atoms with van der Waals surface area (Å²) in [4.78, 5) is 3.75. The Kier molecular flexibility index (Phi) is 6.20. The Morgan fingerprint density at radius 2 is 2.08 bits per heavy atom. The molecule has 2 rings (SSSR count). The van der Waals surface area contributed by atoms with Gasteiger partial charge in [0.2, 0.25) is 5.03 Å². The molecule has 1 heterocycles. The van der Waals surface area contributed by atoms with Gasteiger partial charge in [-0.3, -0.25) is 0 Å². The zero-order chi connectivity index (χ0) is 18.6. The molecule has 0 aliphatic carbocycles. The molecule has 0 unspecified atom stereocenters. The first-order valence-corrected chi connectivity index (χ1v) is 8.89. The number of hydrogen-bond acceptors (Lipinski definition) is 5. The third-order valence-electron chi connectivity index (χ3n) is 3.24. The fourth-order valence-corrected chi connectivity index (χ4v) is 3.49. The summed E-state index contributed by atoms with van der Waals surface area (Å²) < 4.78 is 62.0. The van der Waals surface area contributed by atoms with Crippen LogP contribution in [-0.2, 0) is 23.5 Å². The molecule has 0 spiro atoms. The van der Waals surface area contributed by atoms with Crippen LogP contribution in [0.15, 0.2) is 29.6 Å². The first kappa shape index (κ1) is 19.4. The smallest absolute Gasteiger partial charge is 0.387 e. The number of sulfonamides is 1. The monoisotopic (exact) mass is 395 g/mol. The molecule has 2 aromatic rings. The van der Waals surface area contributed by atoms with Crippen molar-refractivity contribution in [1.29, 1.82) is 0 Å². The number of aromatic nitrogens is 2. The summed E-state index contributed by atoms with van der Waals surface area (Å²) in [5, 5.41) is -0.252. The van der Waals surface area contributed by atoms with Gasteiger partial charge in [0, 0.05) is 13.6 Å². The van der Waals surface area contributed by atoms with Crippen molar-refractivity contribution >= 4 is 21.6 Å². The first-order valence-electron chi connectivity index (χ1n) is 7.03. The lowest BCUT2D eigenvalue weighted by atomic mass is 10.1. The number of ether oxygens (including phenoxy) is 2. The molecular formula is C14H16ClF2N3O4S. The second kappa shape index (κ2) is 7.98. The van der Waals surface area contributed by atoms with Crippen LogP contribution in [0, 0.1) is 0 Å². The van der Waals surface area contributed by atoms with Crippen molar-refractivity contribution in [2.45, 2.75) is 18.1 Å². The minimum absolute atomic E-state index is 0.00247. The second-order valence-corrected chi connectivity index (χ2v) is 7.00. The van der Waals surface area contributed by atoms with E-state index in [9.17, 15) is 17.2 Å². The van der Waals surface area contributed by atoms with Gasteiger partial charge in [0.25, 0.3) is 10.0 Å². The molecule has 0 aliphatic heterocycles. The number of rotatable bonds is 8. The Bertz CT molecular complexity index is 843. The number of aryl methyl sites for hydroxylation is 1. The standard InChI is InChI=1S/C14H16ClF2N3O4S/c1-20-8-18-13(12(20)15)25(21,22)19-6-5-9-3-4-10(24-14(16)17)11(7-9)23-2/h3-4,7-8,14,19H,5-6H2,1-2H3. The number of nitrogens with zero attached hydrogens (tertiary/aromatic N) is 2. The largest absolute Gasteiger partial charge is 0.493 e. The van der Waals surface area contributed by atoms with E-state index in [1.165, 1.54) is 30.1 Å². The van der Waals surface area contributed by atoms with Crippen LogP contribution in [-0.4, -0.2) is 38.2 Å². The van der Waals surface area contributed by atoms with E-state index in [1.807, 2.05) is 0 Å². The minimum atomic E-state index is -3.85. The summed E-state index contributed by atoms with van der Waals surface area (Å²) in [6, 6.07) is 4.38. The molecule has 0 bridgehead atoms. The number of nitrogens with one attached hydrogen (secondary N) is 1. The van der Waals surface area contributed by atoms with Crippen molar-refractivity contribution in [2.24, 2.45) is 7.05 Å². The van der Waals surface area contributed by atoms with Crippen LogP contribution in [0.2, 0.25) is 5.15 Å². The summed E-state index contributed by atoms with van der Waals surface area (Å²) in [5.74, 6) is 0.0375. The van der Waals surface area contributed by atoms with E-state index < -0.39 is 16.6 Å². The van der Waals surface area contributed by atoms with E-state index in [1.54, 1.807) is 13.1 Å². The van der Waals surface area contributed by atoms with Gasteiger partial charge in [0.05, 0.1) is 13.4 Å². The van der Waals surface area contributed by atoms with Gasteiger partial charge in [-0.2, -0.15) is 8.78 Å². The van der Waals surface area contributed by atoms with Crippen molar-refractivity contribution in [3.63, 3.8) is 0 Å². The molecule has 0 aliphatic rings. The fraction of sp³-hybridized carbons (Fsp3) is 0.357. The Morgan fingerprint density at radius 1 is 1.36 bits per heavy atom. The van der Waals surface area contributed by atoms with Gasteiger partial charge in [-0.1, -0.05) is 17.7 Å². The summed E-state index contributed by atoms with van der Waals surface area (Å²) in [6.45, 7) is -2.90. The van der Waals surface area contributed by atoms with Gasteiger partial charge >= 0.3 is 6.61 Å². The molecule has 0 amide bonds. The van der Waals surface area contributed by atoms with E-state index in [4.69, 9.17) is 16.3 Å².